The first-order valence-corrected chi connectivity index (χ1v) is 6.65. The van der Waals surface area contributed by atoms with Gasteiger partial charge in [-0.15, -0.1) is 0 Å². The van der Waals surface area contributed by atoms with Crippen LogP contribution >= 0.6 is 0 Å². The SMILES string of the molecule is C=C(CC)COc1c(F)cccc1CNC(C)(C)C. The molecule has 1 N–H and O–H groups in total. The fourth-order valence-electron chi connectivity index (χ4n) is 1.49. The molecule has 0 spiro atoms. The molecule has 19 heavy (non-hydrogen) atoms. The van der Waals surface area contributed by atoms with E-state index in [9.17, 15) is 4.39 Å². The molecular formula is C16H24FNO. The first-order valence-electron chi connectivity index (χ1n) is 6.65. The zero-order chi connectivity index (χ0) is 14.5. The van der Waals surface area contributed by atoms with Gasteiger partial charge in [-0.2, -0.15) is 0 Å². The van der Waals surface area contributed by atoms with Crippen molar-refractivity contribution in [3.63, 3.8) is 0 Å². The van der Waals surface area contributed by atoms with Gasteiger partial charge in [-0.1, -0.05) is 25.6 Å². The molecule has 0 bridgehead atoms. The monoisotopic (exact) mass is 265 g/mol. The highest BCUT2D eigenvalue weighted by atomic mass is 19.1. The van der Waals surface area contributed by atoms with E-state index in [4.69, 9.17) is 4.74 Å². The van der Waals surface area contributed by atoms with Crippen LogP contribution in [0.1, 0.15) is 39.7 Å². The average molecular weight is 265 g/mol. The van der Waals surface area contributed by atoms with Crippen molar-refractivity contribution < 1.29 is 9.13 Å². The number of hydrogen-bond acceptors (Lipinski definition) is 2. The molecule has 1 rings (SSSR count). The van der Waals surface area contributed by atoms with Crippen molar-refractivity contribution in [2.45, 2.75) is 46.2 Å². The summed E-state index contributed by atoms with van der Waals surface area (Å²) in [7, 11) is 0. The van der Waals surface area contributed by atoms with Gasteiger partial charge in [0.05, 0.1) is 0 Å². The Balaban J connectivity index is 2.80. The van der Waals surface area contributed by atoms with Crippen LogP contribution in [0.25, 0.3) is 0 Å². The van der Waals surface area contributed by atoms with Crippen LogP contribution < -0.4 is 10.1 Å². The topological polar surface area (TPSA) is 21.3 Å². The minimum atomic E-state index is -0.322. The van der Waals surface area contributed by atoms with Crippen molar-refractivity contribution in [1.82, 2.24) is 5.32 Å². The van der Waals surface area contributed by atoms with Crippen LogP contribution in [0.4, 0.5) is 4.39 Å². The third-order valence-electron chi connectivity index (χ3n) is 2.78. The number of benzene rings is 1. The number of para-hydroxylation sites is 1. The van der Waals surface area contributed by atoms with Crippen molar-refractivity contribution in [3.05, 3.63) is 41.7 Å². The second-order valence-electron chi connectivity index (χ2n) is 5.72. The molecule has 1 aromatic rings. The minimum Gasteiger partial charge on any atom is -0.486 e. The van der Waals surface area contributed by atoms with Crippen LogP contribution in [0, 0.1) is 5.82 Å². The molecule has 0 atom stereocenters. The molecule has 0 saturated carbocycles. The van der Waals surface area contributed by atoms with Gasteiger partial charge in [-0.05, 0) is 38.8 Å². The van der Waals surface area contributed by atoms with Crippen LogP contribution in [-0.2, 0) is 6.54 Å². The van der Waals surface area contributed by atoms with Gasteiger partial charge in [0.25, 0.3) is 0 Å². The average Bonchev–Trinajstić information content (AvgIpc) is 2.33. The number of halogens is 1. The third kappa shape index (κ3) is 5.43. The number of hydrogen-bond donors (Lipinski definition) is 1. The molecule has 0 unspecified atom stereocenters. The van der Waals surface area contributed by atoms with Crippen molar-refractivity contribution >= 4 is 0 Å². The van der Waals surface area contributed by atoms with Crippen LogP contribution in [0.2, 0.25) is 0 Å². The molecule has 0 aliphatic rings. The van der Waals surface area contributed by atoms with Gasteiger partial charge in [0, 0.05) is 17.6 Å². The van der Waals surface area contributed by atoms with E-state index in [1.807, 2.05) is 13.0 Å². The van der Waals surface area contributed by atoms with Crippen molar-refractivity contribution in [3.8, 4) is 5.75 Å². The van der Waals surface area contributed by atoms with Crippen LogP contribution in [0.3, 0.4) is 0 Å². The predicted octanol–water partition coefficient (Wildman–Crippen LogP) is 4.06. The van der Waals surface area contributed by atoms with Gasteiger partial charge < -0.3 is 10.1 Å². The Hall–Kier alpha value is -1.35. The molecule has 0 aliphatic carbocycles. The van der Waals surface area contributed by atoms with Gasteiger partial charge in [0.2, 0.25) is 0 Å². The van der Waals surface area contributed by atoms with Crippen molar-refractivity contribution in [1.29, 1.82) is 0 Å². The van der Waals surface area contributed by atoms with Gasteiger partial charge in [0.15, 0.2) is 11.6 Å². The first-order chi connectivity index (χ1) is 8.83. The third-order valence-corrected chi connectivity index (χ3v) is 2.78. The molecule has 0 fully saturated rings. The highest BCUT2D eigenvalue weighted by molar-refractivity contribution is 5.35. The first kappa shape index (κ1) is 15.7. The summed E-state index contributed by atoms with van der Waals surface area (Å²) in [5, 5.41) is 3.34. The van der Waals surface area contributed by atoms with E-state index in [0.29, 0.717) is 18.9 Å². The fraction of sp³-hybridized carbons (Fsp3) is 0.500. The highest BCUT2D eigenvalue weighted by Crippen LogP contribution is 2.24. The summed E-state index contributed by atoms with van der Waals surface area (Å²) in [5.41, 5.74) is 1.77. The van der Waals surface area contributed by atoms with E-state index in [-0.39, 0.29) is 11.4 Å². The van der Waals surface area contributed by atoms with Crippen molar-refractivity contribution in [2.75, 3.05) is 6.61 Å². The Labute approximate surface area is 115 Å². The molecule has 0 aliphatic heterocycles. The van der Waals surface area contributed by atoms with Gasteiger partial charge >= 0.3 is 0 Å². The van der Waals surface area contributed by atoms with Crippen LogP contribution in [0.5, 0.6) is 5.75 Å². The molecule has 0 aromatic heterocycles. The van der Waals surface area contributed by atoms with Gasteiger partial charge in [0.1, 0.15) is 6.61 Å². The summed E-state index contributed by atoms with van der Waals surface area (Å²) in [6.07, 6.45) is 0.837. The lowest BCUT2D eigenvalue weighted by atomic mass is 10.1. The molecule has 106 valence electrons. The van der Waals surface area contributed by atoms with E-state index < -0.39 is 0 Å². The Kier molecular flexibility index (Phi) is 5.55. The minimum absolute atomic E-state index is 0.0173. The Morgan fingerprint density at radius 2 is 2.05 bits per heavy atom. The van der Waals surface area contributed by atoms with Crippen molar-refractivity contribution in [2.24, 2.45) is 0 Å². The van der Waals surface area contributed by atoms with Gasteiger partial charge in [-0.25, -0.2) is 4.39 Å². The molecule has 0 amide bonds. The number of rotatable bonds is 6. The molecule has 2 nitrogen and oxygen atoms in total. The lowest BCUT2D eigenvalue weighted by molar-refractivity contribution is 0.321. The summed E-state index contributed by atoms with van der Waals surface area (Å²) in [6, 6.07) is 5.01. The largest absolute Gasteiger partial charge is 0.486 e. The summed E-state index contributed by atoms with van der Waals surface area (Å²) in [5.74, 6) is 0.00552. The number of nitrogens with one attached hydrogen (secondary N) is 1. The normalized spacial score (nSPS) is 11.4. The summed E-state index contributed by atoms with van der Waals surface area (Å²) in [6.45, 7) is 13.0. The lowest BCUT2D eigenvalue weighted by Crippen LogP contribution is -2.35. The Morgan fingerprint density at radius 3 is 2.63 bits per heavy atom. The molecule has 3 heteroatoms. The van der Waals surface area contributed by atoms with E-state index in [1.54, 1.807) is 6.07 Å². The van der Waals surface area contributed by atoms with Crippen LogP contribution in [-0.4, -0.2) is 12.1 Å². The molecule has 0 radical (unpaired) electrons. The Morgan fingerprint density at radius 1 is 1.37 bits per heavy atom. The summed E-state index contributed by atoms with van der Waals surface area (Å²) >= 11 is 0. The standard InChI is InChI=1S/C16H24FNO/c1-6-12(2)11-19-15-13(8-7-9-14(15)17)10-18-16(3,4)5/h7-9,18H,2,6,10-11H2,1,3-5H3. The maximum absolute atomic E-state index is 13.8. The van der Waals surface area contributed by atoms with E-state index in [2.05, 4.69) is 32.7 Å². The zero-order valence-corrected chi connectivity index (χ0v) is 12.3. The second kappa shape index (κ2) is 6.71. The van der Waals surface area contributed by atoms with E-state index >= 15 is 0 Å². The summed E-state index contributed by atoms with van der Waals surface area (Å²) in [4.78, 5) is 0. The fourth-order valence-corrected chi connectivity index (χ4v) is 1.49. The summed E-state index contributed by atoms with van der Waals surface area (Å²) < 4.78 is 19.4. The molecule has 0 saturated heterocycles. The molecule has 1 aromatic carbocycles. The maximum atomic E-state index is 13.8. The zero-order valence-electron chi connectivity index (χ0n) is 12.3. The Bertz CT molecular complexity index is 435. The smallest absolute Gasteiger partial charge is 0.165 e. The number of ether oxygens (including phenoxy) is 1. The highest BCUT2D eigenvalue weighted by Gasteiger charge is 2.13. The predicted molar refractivity (Wildman–Crippen MR) is 77.9 cm³/mol. The quantitative estimate of drug-likeness (QED) is 0.783. The second-order valence-corrected chi connectivity index (χ2v) is 5.72. The van der Waals surface area contributed by atoms with Crippen LogP contribution in [0.15, 0.2) is 30.4 Å². The molecule has 0 heterocycles. The lowest BCUT2D eigenvalue weighted by Gasteiger charge is -2.22. The molecular weight excluding hydrogens is 241 g/mol. The van der Waals surface area contributed by atoms with E-state index in [1.165, 1.54) is 6.07 Å². The maximum Gasteiger partial charge on any atom is 0.165 e. The van der Waals surface area contributed by atoms with Gasteiger partial charge in [-0.3, -0.25) is 0 Å². The van der Waals surface area contributed by atoms with E-state index in [0.717, 1.165) is 17.6 Å².